The summed E-state index contributed by atoms with van der Waals surface area (Å²) >= 11 is 2.89. The fourth-order valence-electron chi connectivity index (χ4n) is 1.42. The molecule has 0 amide bonds. The van der Waals surface area contributed by atoms with Crippen molar-refractivity contribution in [2.75, 3.05) is 23.9 Å². The van der Waals surface area contributed by atoms with Crippen molar-refractivity contribution in [1.82, 2.24) is 10.1 Å². The molecule has 0 aliphatic carbocycles. The highest BCUT2D eigenvalue weighted by Crippen LogP contribution is 2.41. The minimum absolute atomic E-state index is 0.541. The summed E-state index contributed by atoms with van der Waals surface area (Å²) in [6.07, 6.45) is 3.94. The van der Waals surface area contributed by atoms with Gasteiger partial charge in [-0.3, -0.25) is 0 Å². The molecule has 0 unspecified atom stereocenters. The van der Waals surface area contributed by atoms with Gasteiger partial charge in [0.15, 0.2) is 6.33 Å². The number of thiophene rings is 1. The number of nitrogens with two attached hydrogens (primary N) is 1. The van der Waals surface area contributed by atoms with Gasteiger partial charge in [0, 0.05) is 13.0 Å². The second-order valence-corrected chi connectivity index (χ2v) is 5.17. The lowest BCUT2D eigenvalue weighted by Gasteiger charge is -2.04. The molecule has 0 atom stereocenters. The van der Waals surface area contributed by atoms with Gasteiger partial charge in [0.05, 0.1) is 10.6 Å². The number of nitriles is 1. The van der Waals surface area contributed by atoms with Crippen molar-refractivity contribution in [2.24, 2.45) is 0 Å². The van der Waals surface area contributed by atoms with Crippen LogP contribution in [-0.4, -0.2) is 22.9 Å². The van der Waals surface area contributed by atoms with Crippen LogP contribution in [0.1, 0.15) is 10.8 Å². The van der Waals surface area contributed by atoms with Crippen LogP contribution in [0, 0.1) is 11.3 Å². The molecule has 0 aliphatic rings. The Morgan fingerprint density at radius 1 is 1.67 bits per heavy atom. The molecule has 2 aromatic rings. The van der Waals surface area contributed by atoms with Gasteiger partial charge in [0.2, 0.25) is 5.89 Å². The van der Waals surface area contributed by atoms with E-state index in [4.69, 9.17) is 15.5 Å². The van der Waals surface area contributed by atoms with Gasteiger partial charge in [-0.2, -0.15) is 10.2 Å². The van der Waals surface area contributed by atoms with Crippen molar-refractivity contribution in [3.63, 3.8) is 0 Å². The van der Waals surface area contributed by atoms with E-state index in [2.05, 4.69) is 21.5 Å². The Bertz CT molecular complexity index is 558. The van der Waals surface area contributed by atoms with Gasteiger partial charge in [-0.1, -0.05) is 5.16 Å². The van der Waals surface area contributed by atoms with E-state index in [1.807, 2.05) is 6.26 Å². The minimum Gasteiger partial charge on any atom is -0.396 e. The van der Waals surface area contributed by atoms with Crippen LogP contribution in [-0.2, 0) is 6.42 Å². The third-order valence-corrected chi connectivity index (χ3v) is 4.27. The number of hydrogen-bond acceptors (Lipinski definition) is 8. The van der Waals surface area contributed by atoms with Crippen LogP contribution in [0.25, 0.3) is 0 Å². The van der Waals surface area contributed by atoms with E-state index in [1.54, 1.807) is 0 Å². The number of nitrogens with zero attached hydrogens (tertiary/aromatic N) is 3. The van der Waals surface area contributed by atoms with E-state index in [9.17, 15) is 0 Å². The Labute approximate surface area is 112 Å². The molecule has 0 aliphatic heterocycles. The molecule has 0 saturated carbocycles. The minimum atomic E-state index is 0.541. The van der Waals surface area contributed by atoms with E-state index in [0.717, 1.165) is 9.90 Å². The van der Waals surface area contributed by atoms with Gasteiger partial charge in [0.1, 0.15) is 15.9 Å². The summed E-state index contributed by atoms with van der Waals surface area (Å²) in [6, 6.07) is 2.09. The van der Waals surface area contributed by atoms with Gasteiger partial charge in [-0.15, -0.1) is 23.1 Å². The summed E-state index contributed by atoms with van der Waals surface area (Å²) in [5, 5.41) is 16.6. The first kappa shape index (κ1) is 12.7. The van der Waals surface area contributed by atoms with E-state index in [1.165, 1.54) is 29.4 Å². The van der Waals surface area contributed by atoms with Crippen molar-refractivity contribution in [3.05, 3.63) is 17.1 Å². The summed E-state index contributed by atoms with van der Waals surface area (Å²) in [5.74, 6) is 0.582. The maximum atomic E-state index is 8.94. The number of nitrogens with one attached hydrogen (secondary N) is 1. The highest BCUT2D eigenvalue weighted by Gasteiger charge is 2.14. The maximum Gasteiger partial charge on any atom is 0.228 e. The van der Waals surface area contributed by atoms with Crippen molar-refractivity contribution >= 4 is 33.8 Å². The van der Waals surface area contributed by atoms with Gasteiger partial charge in [-0.05, 0) is 6.26 Å². The summed E-state index contributed by atoms with van der Waals surface area (Å²) in [6.45, 7) is 0.653. The van der Waals surface area contributed by atoms with Crippen molar-refractivity contribution in [3.8, 4) is 6.07 Å². The predicted octanol–water partition coefficient (Wildman–Crippen LogP) is 1.96. The molecular weight excluding hydrogens is 270 g/mol. The van der Waals surface area contributed by atoms with Crippen molar-refractivity contribution in [2.45, 2.75) is 11.3 Å². The van der Waals surface area contributed by atoms with Gasteiger partial charge in [-0.25, -0.2) is 0 Å². The number of anilines is 2. The number of thioether (sulfide) groups is 1. The fourth-order valence-corrected chi connectivity index (χ4v) is 3.28. The molecule has 0 spiro atoms. The summed E-state index contributed by atoms with van der Waals surface area (Å²) in [7, 11) is 0. The molecule has 6 nitrogen and oxygen atoms in total. The van der Waals surface area contributed by atoms with Gasteiger partial charge in [0.25, 0.3) is 0 Å². The molecule has 2 rings (SSSR count). The molecule has 0 bridgehead atoms. The van der Waals surface area contributed by atoms with Crippen LogP contribution in [0.15, 0.2) is 15.7 Å². The highest BCUT2D eigenvalue weighted by molar-refractivity contribution is 7.99. The molecule has 0 fully saturated rings. The maximum absolute atomic E-state index is 8.94. The number of aromatic nitrogens is 2. The third kappa shape index (κ3) is 2.57. The average Bonchev–Trinajstić information content (AvgIpc) is 2.97. The van der Waals surface area contributed by atoms with E-state index in [-0.39, 0.29) is 0 Å². The van der Waals surface area contributed by atoms with Crippen LogP contribution in [0.3, 0.4) is 0 Å². The second-order valence-electron chi connectivity index (χ2n) is 3.33. The Balaban J connectivity index is 2.03. The third-order valence-electron chi connectivity index (χ3n) is 2.24. The van der Waals surface area contributed by atoms with E-state index < -0.39 is 0 Å². The standard InChI is InChI=1S/C10H11N5OS2/c1-17-9-8(12)6(4-11)18-10(9)13-3-2-7-14-5-15-16-7/h5,13H,2-3,12H2,1H3. The first-order valence-electron chi connectivity index (χ1n) is 5.12. The molecule has 0 aromatic carbocycles. The van der Waals surface area contributed by atoms with Gasteiger partial charge >= 0.3 is 0 Å². The first-order valence-corrected chi connectivity index (χ1v) is 7.16. The lowest BCUT2D eigenvalue weighted by Crippen LogP contribution is -2.04. The summed E-state index contributed by atoms with van der Waals surface area (Å²) in [5.41, 5.74) is 6.43. The summed E-state index contributed by atoms with van der Waals surface area (Å²) < 4.78 is 4.90. The van der Waals surface area contributed by atoms with E-state index in [0.29, 0.717) is 29.4 Å². The topological polar surface area (TPSA) is 101 Å². The molecule has 2 aromatic heterocycles. The Morgan fingerprint density at radius 3 is 3.11 bits per heavy atom. The molecule has 0 saturated heterocycles. The van der Waals surface area contributed by atoms with Crippen LogP contribution >= 0.6 is 23.1 Å². The molecule has 94 valence electrons. The van der Waals surface area contributed by atoms with Crippen LogP contribution < -0.4 is 11.1 Å². The molecule has 8 heteroatoms. The van der Waals surface area contributed by atoms with Crippen LogP contribution in [0.2, 0.25) is 0 Å². The Morgan fingerprint density at radius 2 is 2.50 bits per heavy atom. The Kier molecular flexibility index (Phi) is 4.07. The largest absolute Gasteiger partial charge is 0.396 e. The lowest BCUT2D eigenvalue weighted by molar-refractivity contribution is 0.380. The quantitative estimate of drug-likeness (QED) is 0.808. The molecule has 0 radical (unpaired) electrons. The lowest BCUT2D eigenvalue weighted by atomic mass is 10.4. The first-order chi connectivity index (χ1) is 8.76. The molecule has 18 heavy (non-hydrogen) atoms. The smallest absolute Gasteiger partial charge is 0.228 e. The van der Waals surface area contributed by atoms with Crippen LogP contribution in [0.4, 0.5) is 10.7 Å². The number of hydrogen-bond donors (Lipinski definition) is 2. The second kappa shape index (κ2) is 5.75. The van der Waals surface area contributed by atoms with E-state index >= 15 is 0 Å². The predicted molar refractivity (Wildman–Crippen MR) is 71.7 cm³/mol. The fraction of sp³-hybridized carbons (Fsp3) is 0.300. The van der Waals surface area contributed by atoms with Crippen molar-refractivity contribution < 1.29 is 4.52 Å². The summed E-state index contributed by atoms with van der Waals surface area (Å²) in [4.78, 5) is 5.39. The Hall–Kier alpha value is -1.72. The molecular formula is C10H11N5OS2. The van der Waals surface area contributed by atoms with Crippen LogP contribution in [0.5, 0.6) is 0 Å². The number of rotatable bonds is 5. The highest BCUT2D eigenvalue weighted by atomic mass is 32.2. The van der Waals surface area contributed by atoms with Gasteiger partial charge < -0.3 is 15.6 Å². The zero-order chi connectivity index (χ0) is 13.0. The zero-order valence-corrected chi connectivity index (χ0v) is 11.3. The average molecular weight is 281 g/mol. The molecule has 3 N–H and O–H groups in total. The monoisotopic (exact) mass is 281 g/mol. The normalized spacial score (nSPS) is 10.2. The molecule has 2 heterocycles. The SMILES string of the molecule is CSc1c(NCCc2ncno2)sc(C#N)c1N. The zero-order valence-electron chi connectivity index (χ0n) is 9.64. The van der Waals surface area contributed by atoms with Crippen molar-refractivity contribution in [1.29, 1.82) is 5.26 Å². The number of nitrogen functional groups attached to an aromatic ring is 1.